The number of nitrogens with zero attached hydrogens (tertiary/aromatic N) is 1. The molecule has 3 aromatic carbocycles. The number of hydrogen-bond acceptors (Lipinski definition) is 3. The maximum absolute atomic E-state index is 14.2. The number of anilines is 1. The number of rotatable bonds is 4. The second-order valence-corrected chi connectivity index (χ2v) is 8.65. The Morgan fingerprint density at radius 2 is 1.68 bits per heavy atom. The van der Waals surface area contributed by atoms with Crippen molar-refractivity contribution >= 4 is 40.5 Å². The number of benzene rings is 3. The molecule has 0 saturated heterocycles. The fourth-order valence-electron chi connectivity index (χ4n) is 3.68. The monoisotopic (exact) mass is 510 g/mol. The molecule has 0 aliphatic carbocycles. The van der Waals surface area contributed by atoms with Crippen molar-refractivity contribution in [2.24, 2.45) is 5.16 Å². The highest BCUT2D eigenvalue weighted by atomic mass is 35.5. The van der Waals surface area contributed by atoms with Crippen LogP contribution in [0.1, 0.15) is 33.5 Å². The quantitative estimate of drug-likeness (QED) is 0.375. The Labute approximate surface area is 202 Å². The van der Waals surface area contributed by atoms with Crippen LogP contribution in [0, 0.1) is 12.7 Å². The van der Waals surface area contributed by atoms with Gasteiger partial charge in [0.15, 0.2) is 0 Å². The van der Waals surface area contributed by atoms with E-state index in [-0.39, 0.29) is 21.3 Å². The van der Waals surface area contributed by atoms with Crippen molar-refractivity contribution in [2.75, 3.05) is 5.32 Å². The first kappa shape index (κ1) is 24.0. The first-order valence-corrected chi connectivity index (χ1v) is 10.7. The number of halogens is 6. The second-order valence-electron chi connectivity index (χ2n) is 7.78. The van der Waals surface area contributed by atoms with E-state index in [9.17, 15) is 22.4 Å². The molecule has 1 heterocycles. The van der Waals surface area contributed by atoms with Crippen LogP contribution >= 0.6 is 23.2 Å². The first-order valence-electron chi connectivity index (χ1n) is 9.95. The van der Waals surface area contributed by atoms with Gasteiger partial charge in [-0.15, -0.1) is 0 Å². The average molecular weight is 511 g/mol. The van der Waals surface area contributed by atoms with Crippen LogP contribution in [0.2, 0.25) is 10.0 Å². The number of oxime groups is 1. The SMILES string of the molecule is Cc1cc(C2=NOC(c3cc(Cl)cc(Cl)c3)(C(F)(F)F)C2)ccc1C(=O)Nc1ccc(F)cc1. The molecule has 10 heteroatoms. The van der Waals surface area contributed by atoms with Crippen molar-refractivity contribution in [2.45, 2.75) is 25.1 Å². The number of amides is 1. The summed E-state index contributed by atoms with van der Waals surface area (Å²) in [6.45, 7) is 1.65. The van der Waals surface area contributed by atoms with Gasteiger partial charge >= 0.3 is 6.18 Å². The third-order valence-electron chi connectivity index (χ3n) is 5.42. The average Bonchev–Trinajstić information content (AvgIpc) is 3.22. The number of carbonyl (C=O) groups excluding carboxylic acids is 1. The Bertz CT molecular complexity index is 1270. The molecule has 4 nitrogen and oxygen atoms in total. The molecule has 1 amide bonds. The summed E-state index contributed by atoms with van der Waals surface area (Å²) in [4.78, 5) is 17.6. The van der Waals surface area contributed by atoms with Gasteiger partial charge in [0, 0.05) is 33.3 Å². The van der Waals surface area contributed by atoms with Gasteiger partial charge in [-0.05, 0) is 72.6 Å². The third-order valence-corrected chi connectivity index (χ3v) is 5.86. The molecule has 1 N–H and O–H groups in total. The van der Waals surface area contributed by atoms with Gasteiger partial charge in [0.1, 0.15) is 5.82 Å². The van der Waals surface area contributed by atoms with Crippen LogP contribution in [-0.2, 0) is 10.4 Å². The van der Waals surface area contributed by atoms with Crippen LogP contribution in [0.5, 0.6) is 0 Å². The highest BCUT2D eigenvalue weighted by Crippen LogP contribution is 2.49. The Morgan fingerprint density at radius 3 is 2.26 bits per heavy atom. The van der Waals surface area contributed by atoms with Crippen LogP contribution < -0.4 is 5.32 Å². The molecular formula is C24H16Cl2F4N2O2. The van der Waals surface area contributed by atoms with Crippen molar-refractivity contribution < 1.29 is 27.2 Å². The summed E-state index contributed by atoms with van der Waals surface area (Å²) in [7, 11) is 0. The smallest absolute Gasteiger partial charge is 0.374 e. The lowest BCUT2D eigenvalue weighted by molar-refractivity contribution is -0.275. The van der Waals surface area contributed by atoms with Gasteiger partial charge in [-0.25, -0.2) is 4.39 Å². The van der Waals surface area contributed by atoms with Gasteiger partial charge < -0.3 is 10.2 Å². The van der Waals surface area contributed by atoms with E-state index in [1.54, 1.807) is 13.0 Å². The molecule has 0 saturated carbocycles. The van der Waals surface area contributed by atoms with E-state index in [0.29, 0.717) is 22.4 Å². The predicted molar refractivity (Wildman–Crippen MR) is 122 cm³/mol. The molecule has 176 valence electrons. The topological polar surface area (TPSA) is 50.7 Å². The van der Waals surface area contributed by atoms with Crippen LogP contribution in [0.15, 0.2) is 65.8 Å². The fourth-order valence-corrected chi connectivity index (χ4v) is 4.20. The minimum absolute atomic E-state index is 0.0375. The van der Waals surface area contributed by atoms with Crippen LogP contribution in [-0.4, -0.2) is 17.8 Å². The first-order chi connectivity index (χ1) is 16.0. The molecule has 1 aliphatic rings. The fraction of sp³-hybridized carbons (Fsp3) is 0.167. The van der Waals surface area contributed by atoms with Gasteiger partial charge in [0.05, 0.1) is 5.71 Å². The number of alkyl halides is 3. The Morgan fingerprint density at radius 1 is 1.03 bits per heavy atom. The Hall–Kier alpha value is -3.10. The number of carbonyl (C=O) groups is 1. The summed E-state index contributed by atoms with van der Waals surface area (Å²) < 4.78 is 55.6. The summed E-state index contributed by atoms with van der Waals surface area (Å²) in [5.74, 6) is -0.883. The maximum Gasteiger partial charge on any atom is 0.435 e. The molecule has 4 rings (SSSR count). The summed E-state index contributed by atoms with van der Waals surface area (Å²) in [6, 6.07) is 13.4. The number of hydrogen-bond donors (Lipinski definition) is 1. The lowest BCUT2D eigenvalue weighted by atomic mass is 9.86. The van der Waals surface area contributed by atoms with Crippen molar-refractivity contribution in [3.8, 4) is 0 Å². The van der Waals surface area contributed by atoms with E-state index >= 15 is 0 Å². The molecular weight excluding hydrogens is 495 g/mol. The lowest BCUT2D eigenvalue weighted by Gasteiger charge is -2.29. The molecule has 0 bridgehead atoms. The molecule has 0 spiro atoms. The van der Waals surface area contributed by atoms with Crippen LogP contribution in [0.25, 0.3) is 0 Å². The molecule has 34 heavy (non-hydrogen) atoms. The van der Waals surface area contributed by atoms with Crippen LogP contribution in [0.4, 0.5) is 23.2 Å². The molecule has 0 radical (unpaired) electrons. The summed E-state index contributed by atoms with van der Waals surface area (Å²) >= 11 is 11.9. The Balaban J connectivity index is 1.60. The molecule has 1 aliphatic heterocycles. The van der Waals surface area contributed by atoms with Gasteiger partial charge in [-0.2, -0.15) is 13.2 Å². The van der Waals surface area contributed by atoms with Crippen molar-refractivity contribution in [1.29, 1.82) is 0 Å². The van der Waals surface area contributed by atoms with Crippen molar-refractivity contribution in [3.05, 3.63) is 98.8 Å². The summed E-state index contributed by atoms with van der Waals surface area (Å²) in [5.41, 5.74) is -1.37. The van der Waals surface area contributed by atoms with E-state index < -0.39 is 29.9 Å². The number of aryl methyl sites for hydroxylation is 1. The highest BCUT2D eigenvalue weighted by Gasteiger charge is 2.62. The largest absolute Gasteiger partial charge is 0.435 e. The Kier molecular flexibility index (Phi) is 6.31. The molecule has 1 unspecified atom stereocenters. The zero-order valence-corrected chi connectivity index (χ0v) is 19.0. The molecule has 0 aromatic heterocycles. The third kappa shape index (κ3) is 4.60. The highest BCUT2D eigenvalue weighted by molar-refractivity contribution is 6.34. The second kappa shape index (κ2) is 8.92. The van der Waals surface area contributed by atoms with E-state index in [2.05, 4.69) is 10.5 Å². The number of nitrogens with one attached hydrogen (secondary N) is 1. The zero-order chi connectivity index (χ0) is 24.7. The minimum Gasteiger partial charge on any atom is -0.374 e. The van der Waals surface area contributed by atoms with Crippen molar-refractivity contribution in [3.63, 3.8) is 0 Å². The molecule has 0 fully saturated rings. The lowest BCUT2D eigenvalue weighted by Crippen LogP contribution is -2.42. The van der Waals surface area contributed by atoms with Gasteiger partial charge in [-0.1, -0.05) is 34.4 Å². The molecule has 3 aromatic rings. The van der Waals surface area contributed by atoms with E-state index in [1.165, 1.54) is 42.5 Å². The van der Waals surface area contributed by atoms with E-state index in [1.807, 2.05) is 0 Å². The van der Waals surface area contributed by atoms with Crippen LogP contribution in [0.3, 0.4) is 0 Å². The standard InChI is InChI=1S/C24H16Cl2F4N2O2/c1-13-8-14(2-7-20(13)22(33)31-19-5-3-18(27)4-6-19)21-12-23(34-32-21,24(28,29)30)15-9-16(25)11-17(26)10-15/h2-11H,12H2,1H3,(H,31,33). The minimum atomic E-state index is -4.81. The maximum atomic E-state index is 14.2. The summed E-state index contributed by atoms with van der Waals surface area (Å²) in [6.07, 6.45) is -5.41. The van der Waals surface area contributed by atoms with Gasteiger partial charge in [0.25, 0.3) is 11.5 Å². The van der Waals surface area contributed by atoms with Gasteiger partial charge in [-0.3, -0.25) is 4.79 Å². The van der Waals surface area contributed by atoms with E-state index in [4.69, 9.17) is 28.0 Å². The predicted octanol–water partition coefficient (Wildman–Crippen LogP) is 7.28. The van der Waals surface area contributed by atoms with E-state index in [0.717, 1.165) is 12.1 Å². The molecule has 1 atom stereocenters. The normalized spacial score (nSPS) is 17.8. The zero-order valence-electron chi connectivity index (χ0n) is 17.5. The summed E-state index contributed by atoms with van der Waals surface area (Å²) in [5, 5.41) is 6.45. The van der Waals surface area contributed by atoms with Crippen molar-refractivity contribution in [1.82, 2.24) is 0 Å². The van der Waals surface area contributed by atoms with Gasteiger partial charge in [0.2, 0.25) is 0 Å².